The lowest BCUT2D eigenvalue weighted by molar-refractivity contribution is -0.172. The summed E-state index contributed by atoms with van der Waals surface area (Å²) in [5, 5.41) is 11.9. The molecule has 0 radical (unpaired) electrons. The molecule has 4 heterocycles. The maximum Gasteiger partial charge on any atom is 0.512 e. The lowest BCUT2D eigenvalue weighted by Crippen LogP contribution is -2.47. The Labute approximate surface area is 356 Å². The number of carbonyl (C=O) groups is 3. The Bertz CT molecular complexity index is 2060. The summed E-state index contributed by atoms with van der Waals surface area (Å²) in [6, 6.07) is 9.42. The molecule has 326 valence electrons. The van der Waals surface area contributed by atoms with E-state index in [9.17, 15) is 23.2 Å². The average molecular weight is 867 g/mol. The minimum absolute atomic E-state index is 0.0617. The second-order valence-corrected chi connectivity index (χ2v) is 16.7. The first-order valence-corrected chi connectivity index (χ1v) is 21.2. The van der Waals surface area contributed by atoms with E-state index >= 15 is 4.39 Å². The van der Waals surface area contributed by atoms with Crippen LogP contribution >= 0.6 is 11.8 Å². The van der Waals surface area contributed by atoms with Crippen LogP contribution in [0.2, 0.25) is 0 Å². The Hall–Kier alpha value is -5.22. The van der Waals surface area contributed by atoms with Crippen molar-refractivity contribution in [3.05, 3.63) is 101 Å². The first-order chi connectivity index (χ1) is 29.4. The van der Waals surface area contributed by atoms with Crippen LogP contribution in [0.5, 0.6) is 0 Å². The van der Waals surface area contributed by atoms with E-state index in [0.29, 0.717) is 30.8 Å². The molecule has 1 amide bonds. The van der Waals surface area contributed by atoms with Gasteiger partial charge in [-0.3, -0.25) is 9.59 Å². The summed E-state index contributed by atoms with van der Waals surface area (Å²) in [7, 11) is 0. The third-order valence-corrected chi connectivity index (χ3v) is 12.3. The van der Waals surface area contributed by atoms with Gasteiger partial charge in [0.05, 0.1) is 43.1 Å². The van der Waals surface area contributed by atoms with Gasteiger partial charge in [-0.05, 0) is 76.0 Å². The number of piperidine rings is 1. The molecule has 3 aliphatic rings. The molecule has 0 spiro atoms. The number of nitriles is 1. The largest absolute Gasteiger partial charge is 0.512 e. The Morgan fingerprint density at radius 2 is 1.74 bits per heavy atom. The molecule has 0 aliphatic carbocycles. The Morgan fingerprint density at radius 3 is 2.41 bits per heavy atom. The van der Waals surface area contributed by atoms with Crippen molar-refractivity contribution < 1.29 is 51.2 Å². The zero-order chi connectivity index (χ0) is 43.4. The number of hydrogen-bond donors (Lipinski definition) is 0. The van der Waals surface area contributed by atoms with Crippen molar-refractivity contribution in [2.75, 3.05) is 39.4 Å². The number of halogens is 3. The molecule has 3 atom stereocenters. The fourth-order valence-corrected chi connectivity index (χ4v) is 9.02. The van der Waals surface area contributed by atoms with Crippen molar-refractivity contribution in [2.45, 2.75) is 93.6 Å². The average Bonchev–Trinajstić information content (AvgIpc) is 3.98. The molecule has 3 aromatic rings. The molecule has 2 aromatic carbocycles. The molecule has 61 heavy (non-hydrogen) atoms. The Kier molecular flexibility index (Phi) is 16.0. The summed E-state index contributed by atoms with van der Waals surface area (Å²) in [6.07, 6.45) is 9.43. The molecular formula is C43H49F3N6O8S. The van der Waals surface area contributed by atoms with Crippen molar-refractivity contribution in [1.82, 2.24) is 24.6 Å². The zero-order valence-electron chi connectivity index (χ0n) is 34.0. The van der Waals surface area contributed by atoms with E-state index in [4.69, 9.17) is 28.9 Å². The standard InChI is InChI=1S/C43H49F3N6O8S/c1-29(61-35-24-56-41(57-25-35)8-4-3-7-32-10-9-31(23-47)21-37(32)45)43(26-52-28-48-27-49-52,36-12-11-33(44)22-38(36)46)60-42(55)59-30(2)58-40(54)14-13-39(53)51-19-15-34(16-20-51)50-17-5-6-18-50/h3-4,7-12,21-22,27-30,34-35,41H,5-6,13-20,24-26H2,1-2H3. The van der Waals surface area contributed by atoms with Gasteiger partial charge in [0.1, 0.15) is 30.1 Å². The van der Waals surface area contributed by atoms with Crippen LogP contribution in [0.1, 0.15) is 69.1 Å². The maximum atomic E-state index is 15.8. The molecule has 3 fully saturated rings. The van der Waals surface area contributed by atoms with E-state index in [1.54, 1.807) is 30.1 Å². The summed E-state index contributed by atoms with van der Waals surface area (Å²) in [4.78, 5) is 47.5. The maximum absolute atomic E-state index is 15.8. The molecular weight excluding hydrogens is 818 g/mol. The fourth-order valence-electron chi connectivity index (χ4n) is 7.66. The van der Waals surface area contributed by atoms with Crippen molar-refractivity contribution in [2.24, 2.45) is 0 Å². The fraction of sp³-hybridized carbons (Fsp3) is 0.488. The SMILES string of the molecule is CC(OC(=O)CCC(=O)N1CCC(N2CCCC2)CC1)OC(=O)OC(Cn1cncn1)(c1ccc(F)cc1F)C(C)SC1COC(C=CC=Cc2ccc(C#N)cc2F)OC1. The van der Waals surface area contributed by atoms with E-state index in [1.807, 2.05) is 6.07 Å². The number of nitrogens with zero attached hydrogens (tertiary/aromatic N) is 6. The van der Waals surface area contributed by atoms with E-state index in [1.165, 1.54) is 73.1 Å². The van der Waals surface area contributed by atoms with Crippen LogP contribution < -0.4 is 0 Å². The molecule has 3 saturated heterocycles. The number of thioether (sulfide) groups is 1. The first kappa shape index (κ1) is 45.3. The van der Waals surface area contributed by atoms with E-state index in [-0.39, 0.29) is 54.9 Å². The number of allylic oxidation sites excluding steroid dienone is 2. The van der Waals surface area contributed by atoms with Gasteiger partial charge in [-0.15, -0.1) is 11.8 Å². The number of hydrogen-bond acceptors (Lipinski definition) is 13. The van der Waals surface area contributed by atoms with Gasteiger partial charge in [0, 0.05) is 54.9 Å². The van der Waals surface area contributed by atoms with Crippen LogP contribution in [-0.4, -0.2) is 111 Å². The molecule has 14 nitrogen and oxygen atoms in total. The number of rotatable bonds is 16. The lowest BCUT2D eigenvalue weighted by Gasteiger charge is -2.40. The van der Waals surface area contributed by atoms with Crippen LogP contribution in [0.4, 0.5) is 18.0 Å². The molecule has 3 unspecified atom stereocenters. The van der Waals surface area contributed by atoms with Crippen molar-refractivity contribution >= 4 is 35.9 Å². The van der Waals surface area contributed by atoms with E-state index < -0.39 is 53.0 Å². The third kappa shape index (κ3) is 12.4. The Balaban J connectivity index is 1.06. The van der Waals surface area contributed by atoms with Crippen LogP contribution in [0.15, 0.2) is 67.3 Å². The Morgan fingerprint density at radius 1 is 0.984 bits per heavy atom. The minimum atomic E-state index is -1.91. The van der Waals surface area contributed by atoms with Crippen LogP contribution in [-0.2, 0) is 45.4 Å². The van der Waals surface area contributed by atoms with E-state index in [2.05, 4.69) is 15.0 Å². The smallest absolute Gasteiger partial charge is 0.425 e. The zero-order valence-corrected chi connectivity index (χ0v) is 34.8. The highest BCUT2D eigenvalue weighted by Gasteiger charge is 2.47. The highest BCUT2D eigenvalue weighted by Crippen LogP contribution is 2.42. The summed E-state index contributed by atoms with van der Waals surface area (Å²) in [5.74, 6) is -3.29. The summed E-state index contributed by atoms with van der Waals surface area (Å²) in [6.45, 7) is 6.51. The predicted molar refractivity (Wildman–Crippen MR) is 217 cm³/mol. The van der Waals surface area contributed by atoms with Gasteiger partial charge in [0.15, 0.2) is 11.9 Å². The van der Waals surface area contributed by atoms with Crippen LogP contribution in [0.25, 0.3) is 6.08 Å². The quantitative estimate of drug-likeness (QED) is 0.0874. The van der Waals surface area contributed by atoms with Crippen LogP contribution in [0, 0.1) is 28.8 Å². The topological polar surface area (TPSA) is 158 Å². The van der Waals surface area contributed by atoms with Crippen LogP contribution in [0.3, 0.4) is 0 Å². The predicted octanol–water partition coefficient (Wildman–Crippen LogP) is 6.50. The van der Waals surface area contributed by atoms with E-state index in [0.717, 1.165) is 38.1 Å². The minimum Gasteiger partial charge on any atom is -0.425 e. The monoisotopic (exact) mass is 866 g/mol. The number of ether oxygens (including phenoxy) is 5. The first-order valence-electron chi connectivity index (χ1n) is 20.2. The highest BCUT2D eigenvalue weighted by molar-refractivity contribution is 8.00. The van der Waals surface area contributed by atoms with Crippen molar-refractivity contribution in [1.29, 1.82) is 5.26 Å². The highest BCUT2D eigenvalue weighted by atomic mass is 32.2. The number of aromatic nitrogens is 3. The number of esters is 1. The number of carbonyl (C=O) groups excluding carboxylic acids is 3. The molecule has 3 aliphatic heterocycles. The number of benzene rings is 2. The molecule has 6 rings (SSSR count). The summed E-state index contributed by atoms with van der Waals surface area (Å²) < 4.78 is 74.1. The second-order valence-electron chi connectivity index (χ2n) is 15.0. The molecule has 18 heteroatoms. The van der Waals surface area contributed by atoms with Gasteiger partial charge in [-0.25, -0.2) is 27.6 Å². The summed E-state index contributed by atoms with van der Waals surface area (Å²) in [5.41, 5.74) is -1.57. The van der Waals surface area contributed by atoms with Gasteiger partial charge < -0.3 is 33.5 Å². The van der Waals surface area contributed by atoms with Gasteiger partial charge in [0.2, 0.25) is 12.2 Å². The molecule has 0 saturated carbocycles. The molecule has 0 bridgehead atoms. The third-order valence-electron chi connectivity index (χ3n) is 10.8. The normalized spacial score (nSPS) is 20.9. The van der Waals surface area contributed by atoms with Crippen molar-refractivity contribution in [3.63, 3.8) is 0 Å². The van der Waals surface area contributed by atoms with Gasteiger partial charge in [0.25, 0.3) is 0 Å². The number of amides is 1. The lowest BCUT2D eigenvalue weighted by atomic mass is 9.89. The number of likely N-dealkylation sites (tertiary alicyclic amines) is 2. The van der Waals surface area contributed by atoms with Gasteiger partial charge in [-0.2, -0.15) is 10.4 Å². The molecule has 0 N–H and O–H groups in total. The second kappa shape index (κ2) is 21.5. The van der Waals surface area contributed by atoms with Gasteiger partial charge in [-0.1, -0.05) is 24.3 Å². The molecule has 1 aromatic heterocycles. The van der Waals surface area contributed by atoms with Gasteiger partial charge >= 0.3 is 12.1 Å². The van der Waals surface area contributed by atoms with Crippen molar-refractivity contribution in [3.8, 4) is 6.07 Å². The summed E-state index contributed by atoms with van der Waals surface area (Å²) >= 11 is 1.26.